The molecule has 2 heterocycles. The van der Waals surface area contributed by atoms with Crippen molar-refractivity contribution in [3.05, 3.63) is 102 Å². The van der Waals surface area contributed by atoms with Crippen molar-refractivity contribution in [2.24, 2.45) is 5.92 Å². The van der Waals surface area contributed by atoms with E-state index >= 15 is 0 Å². The normalized spacial score (nSPS) is 18.8. The van der Waals surface area contributed by atoms with Gasteiger partial charge in [-0.2, -0.15) is 0 Å². The molecule has 5 rings (SSSR count). The number of hydrogen-bond donors (Lipinski definition) is 0. The fraction of sp³-hybridized carbons (Fsp3) is 0.367. The second-order valence-electron chi connectivity index (χ2n) is 9.61. The standard InChI is InChI=1S/C30H34N2O3/c1-34-28-14-12-25(13-15-28)29(33)32-18-16-24(17-19-32)22-31-20-21-35-30(23-31,26-8-4-2-5-9-26)27-10-6-3-7-11-27/h2-15,24H,16-23H2,1H3. The van der Waals surface area contributed by atoms with Crippen LogP contribution in [0.15, 0.2) is 84.9 Å². The minimum Gasteiger partial charge on any atom is -0.497 e. The summed E-state index contributed by atoms with van der Waals surface area (Å²) >= 11 is 0. The number of carbonyl (C=O) groups excluding carboxylic acids is 1. The molecular formula is C30H34N2O3. The fourth-order valence-electron chi connectivity index (χ4n) is 5.48. The SMILES string of the molecule is COc1ccc(C(=O)N2CCC(CN3CCOC(c4ccccc4)(c4ccccc4)C3)CC2)cc1. The molecule has 0 bridgehead atoms. The number of ether oxygens (including phenoxy) is 2. The Bertz CT molecular complexity index is 1050. The summed E-state index contributed by atoms with van der Waals surface area (Å²) in [4.78, 5) is 17.5. The van der Waals surface area contributed by atoms with E-state index < -0.39 is 5.60 Å². The summed E-state index contributed by atoms with van der Waals surface area (Å²) in [6.45, 7) is 5.14. The topological polar surface area (TPSA) is 42.0 Å². The molecule has 0 radical (unpaired) electrons. The predicted molar refractivity (Wildman–Crippen MR) is 138 cm³/mol. The summed E-state index contributed by atoms with van der Waals surface area (Å²) in [6, 6.07) is 28.6. The smallest absolute Gasteiger partial charge is 0.253 e. The monoisotopic (exact) mass is 470 g/mol. The molecule has 0 spiro atoms. The van der Waals surface area contributed by atoms with Crippen LogP contribution in [0.25, 0.3) is 0 Å². The van der Waals surface area contributed by atoms with E-state index in [9.17, 15) is 4.79 Å². The first-order valence-corrected chi connectivity index (χ1v) is 12.6. The van der Waals surface area contributed by atoms with E-state index in [-0.39, 0.29) is 5.91 Å². The van der Waals surface area contributed by atoms with Gasteiger partial charge in [-0.15, -0.1) is 0 Å². The third-order valence-corrected chi connectivity index (χ3v) is 7.44. The quantitative estimate of drug-likeness (QED) is 0.518. The highest BCUT2D eigenvalue weighted by atomic mass is 16.5. The third kappa shape index (κ3) is 5.12. The molecule has 0 unspecified atom stereocenters. The zero-order valence-electron chi connectivity index (χ0n) is 20.4. The maximum absolute atomic E-state index is 13.0. The first kappa shape index (κ1) is 23.6. The van der Waals surface area contributed by atoms with Crippen LogP contribution in [0.3, 0.4) is 0 Å². The van der Waals surface area contributed by atoms with E-state index in [4.69, 9.17) is 9.47 Å². The van der Waals surface area contributed by atoms with Gasteiger partial charge in [0.1, 0.15) is 11.4 Å². The van der Waals surface area contributed by atoms with E-state index in [2.05, 4.69) is 65.6 Å². The second kappa shape index (κ2) is 10.6. The Labute approximate surface area is 208 Å². The number of likely N-dealkylation sites (tertiary alicyclic amines) is 1. The first-order valence-electron chi connectivity index (χ1n) is 12.6. The Balaban J connectivity index is 1.23. The van der Waals surface area contributed by atoms with Crippen LogP contribution in [0.5, 0.6) is 5.75 Å². The van der Waals surface area contributed by atoms with Crippen molar-refractivity contribution in [3.63, 3.8) is 0 Å². The molecule has 0 atom stereocenters. The number of benzene rings is 3. The first-order chi connectivity index (χ1) is 17.2. The van der Waals surface area contributed by atoms with E-state index in [1.807, 2.05) is 29.2 Å². The summed E-state index contributed by atoms with van der Waals surface area (Å²) in [6.07, 6.45) is 2.06. The molecule has 5 nitrogen and oxygen atoms in total. The molecule has 2 aliphatic rings. The number of rotatable bonds is 6. The van der Waals surface area contributed by atoms with Crippen LogP contribution < -0.4 is 4.74 Å². The Kier molecular flexibility index (Phi) is 7.16. The van der Waals surface area contributed by atoms with Crippen LogP contribution in [0.2, 0.25) is 0 Å². The van der Waals surface area contributed by atoms with Gasteiger partial charge in [-0.1, -0.05) is 60.7 Å². The van der Waals surface area contributed by atoms with Crippen LogP contribution in [0.4, 0.5) is 0 Å². The van der Waals surface area contributed by atoms with Gasteiger partial charge in [-0.25, -0.2) is 0 Å². The van der Waals surface area contributed by atoms with Crippen LogP contribution >= 0.6 is 0 Å². The lowest BCUT2D eigenvalue weighted by atomic mass is 9.84. The molecule has 2 aliphatic heterocycles. The van der Waals surface area contributed by atoms with Crippen molar-refractivity contribution in [3.8, 4) is 5.75 Å². The number of nitrogens with zero attached hydrogens (tertiary/aromatic N) is 2. The molecule has 2 saturated heterocycles. The van der Waals surface area contributed by atoms with Crippen LogP contribution in [-0.2, 0) is 10.3 Å². The molecule has 182 valence electrons. The van der Waals surface area contributed by atoms with Crippen molar-refractivity contribution in [2.45, 2.75) is 18.4 Å². The molecule has 0 aromatic heterocycles. The van der Waals surface area contributed by atoms with E-state index in [1.165, 1.54) is 11.1 Å². The number of morpholine rings is 1. The predicted octanol–water partition coefficient (Wildman–Crippen LogP) is 4.82. The number of amides is 1. The van der Waals surface area contributed by atoms with Crippen LogP contribution in [0, 0.1) is 5.92 Å². The number of piperidine rings is 1. The van der Waals surface area contributed by atoms with Crippen LogP contribution in [0.1, 0.15) is 34.3 Å². The minimum absolute atomic E-state index is 0.115. The Morgan fingerprint density at radius 3 is 2.06 bits per heavy atom. The van der Waals surface area contributed by atoms with Gasteiger partial charge in [-0.05, 0) is 54.2 Å². The molecular weight excluding hydrogens is 436 g/mol. The van der Waals surface area contributed by atoms with Crippen molar-refractivity contribution < 1.29 is 14.3 Å². The van der Waals surface area contributed by atoms with Gasteiger partial charge in [0, 0.05) is 38.3 Å². The van der Waals surface area contributed by atoms with Gasteiger partial charge in [0.2, 0.25) is 0 Å². The Morgan fingerprint density at radius 2 is 1.49 bits per heavy atom. The third-order valence-electron chi connectivity index (χ3n) is 7.44. The maximum Gasteiger partial charge on any atom is 0.253 e. The van der Waals surface area contributed by atoms with Gasteiger partial charge >= 0.3 is 0 Å². The van der Waals surface area contributed by atoms with Gasteiger partial charge in [0.15, 0.2) is 0 Å². The van der Waals surface area contributed by atoms with Gasteiger partial charge in [0.05, 0.1) is 13.7 Å². The summed E-state index contributed by atoms with van der Waals surface area (Å²) in [5, 5.41) is 0. The van der Waals surface area contributed by atoms with Crippen LogP contribution in [-0.4, -0.2) is 62.1 Å². The summed E-state index contributed by atoms with van der Waals surface area (Å²) in [5.41, 5.74) is 2.69. The molecule has 0 saturated carbocycles. The average Bonchev–Trinajstić information content (AvgIpc) is 2.94. The minimum atomic E-state index is -0.453. The molecule has 0 aliphatic carbocycles. The van der Waals surface area contributed by atoms with Crippen molar-refractivity contribution in [2.75, 3.05) is 46.4 Å². The molecule has 0 N–H and O–H groups in total. The van der Waals surface area contributed by atoms with Crippen molar-refractivity contribution in [1.29, 1.82) is 0 Å². The lowest BCUT2D eigenvalue weighted by Gasteiger charge is -2.45. The number of hydrogen-bond acceptors (Lipinski definition) is 4. The summed E-state index contributed by atoms with van der Waals surface area (Å²) in [5.74, 6) is 1.47. The fourth-order valence-corrected chi connectivity index (χ4v) is 5.48. The average molecular weight is 471 g/mol. The van der Waals surface area contributed by atoms with E-state index in [1.54, 1.807) is 7.11 Å². The van der Waals surface area contributed by atoms with Crippen molar-refractivity contribution >= 4 is 5.91 Å². The molecule has 3 aromatic carbocycles. The lowest BCUT2D eigenvalue weighted by molar-refractivity contribution is -0.0925. The molecule has 3 aromatic rings. The Hall–Kier alpha value is -3.15. The van der Waals surface area contributed by atoms with E-state index in [0.29, 0.717) is 12.5 Å². The molecule has 35 heavy (non-hydrogen) atoms. The highest BCUT2D eigenvalue weighted by Gasteiger charge is 2.40. The zero-order chi connectivity index (χ0) is 24.1. The molecule has 5 heteroatoms. The maximum atomic E-state index is 13.0. The highest BCUT2D eigenvalue weighted by Crippen LogP contribution is 2.37. The van der Waals surface area contributed by atoms with E-state index in [0.717, 1.165) is 56.9 Å². The summed E-state index contributed by atoms with van der Waals surface area (Å²) < 4.78 is 11.8. The molecule has 1 amide bonds. The summed E-state index contributed by atoms with van der Waals surface area (Å²) in [7, 11) is 1.64. The van der Waals surface area contributed by atoms with Crippen molar-refractivity contribution in [1.82, 2.24) is 9.80 Å². The van der Waals surface area contributed by atoms with Gasteiger partial charge in [-0.3, -0.25) is 9.69 Å². The molecule has 2 fully saturated rings. The highest BCUT2D eigenvalue weighted by molar-refractivity contribution is 5.94. The largest absolute Gasteiger partial charge is 0.497 e. The lowest BCUT2D eigenvalue weighted by Crippen LogP contribution is -2.52. The second-order valence-corrected chi connectivity index (χ2v) is 9.61. The number of methoxy groups -OCH3 is 1. The zero-order valence-corrected chi connectivity index (χ0v) is 20.4. The van der Waals surface area contributed by atoms with Gasteiger partial charge in [0.25, 0.3) is 5.91 Å². The number of carbonyl (C=O) groups is 1. The Morgan fingerprint density at radius 1 is 0.886 bits per heavy atom. The van der Waals surface area contributed by atoms with Gasteiger partial charge < -0.3 is 14.4 Å².